The van der Waals surface area contributed by atoms with Gasteiger partial charge in [-0.05, 0) is 32.9 Å². The van der Waals surface area contributed by atoms with Gasteiger partial charge in [0.1, 0.15) is 10.6 Å². The van der Waals surface area contributed by atoms with Crippen LogP contribution in [0, 0.1) is 20.8 Å². The Labute approximate surface area is 182 Å². The van der Waals surface area contributed by atoms with Crippen LogP contribution < -0.4 is 4.72 Å². The molecule has 1 aromatic heterocycles. The second-order valence-electron chi connectivity index (χ2n) is 7.40. The fraction of sp³-hybridized carbons (Fsp3) is 0.474. The molecule has 0 unspecified atom stereocenters. The average molecular weight is 471 g/mol. The highest BCUT2D eigenvalue weighted by Crippen LogP contribution is 2.24. The molecule has 1 aliphatic heterocycles. The predicted octanol–water partition coefficient (Wildman–Crippen LogP) is 0.801. The van der Waals surface area contributed by atoms with E-state index in [1.165, 1.54) is 16.4 Å². The Morgan fingerprint density at radius 3 is 2.19 bits per heavy atom. The third kappa shape index (κ3) is 5.14. The Balaban J connectivity index is 1.52. The summed E-state index contributed by atoms with van der Waals surface area (Å²) < 4.78 is 59.0. The minimum absolute atomic E-state index is 0.0122. The summed E-state index contributed by atoms with van der Waals surface area (Å²) in [5, 5.41) is 3.70. The number of nitrogens with zero attached hydrogens (tertiary/aromatic N) is 3. The van der Waals surface area contributed by atoms with Gasteiger partial charge in [-0.25, -0.2) is 21.6 Å². The van der Waals surface area contributed by atoms with Gasteiger partial charge in [0, 0.05) is 39.1 Å². The summed E-state index contributed by atoms with van der Waals surface area (Å²) in [4.78, 5) is 14.2. The topological polar surface area (TPSA) is 130 Å². The number of rotatable bonds is 7. The molecule has 0 spiro atoms. The number of amides is 1. The van der Waals surface area contributed by atoms with Crippen LogP contribution in [-0.2, 0) is 24.8 Å². The lowest BCUT2D eigenvalue weighted by Crippen LogP contribution is -2.51. The van der Waals surface area contributed by atoms with Crippen molar-refractivity contribution < 1.29 is 26.2 Å². The summed E-state index contributed by atoms with van der Waals surface area (Å²) in [5.41, 5.74) is 1.25. The summed E-state index contributed by atoms with van der Waals surface area (Å²) in [6.07, 6.45) is -0.0122. The SMILES string of the molecule is Cc1ccc(S(=O)(=O)NCCC(=O)N2CCN(S(=O)(=O)c3c(C)noc3C)CC2)cc1. The first kappa shape index (κ1) is 23.4. The molecule has 31 heavy (non-hydrogen) atoms. The van der Waals surface area contributed by atoms with Crippen molar-refractivity contribution >= 4 is 26.0 Å². The number of nitrogens with one attached hydrogen (secondary N) is 1. The molecule has 3 rings (SSSR count). The van der Waals surface area contributed by atoms with Gasteiger partial charge in [-0.1, -0.05) is 22.9 Å². The standard InChI is InChI=1S/C19H26N4O6S2/c1-14-4-6-17(7-5-14)30(25,26)20-9-8-18(24)22-10-12-23(13-11-22)31(27,28)19-15(2)21-29-16(19)3/h4-7,20H,8-13H2,1-3H3. The third-order valence-electron chi connectivity index (χ3n) is 5.12. The van der Waals surface area contributed by atoms with Gasteiger partial charge in [-0.15, -0.1) is 0 Å². The number of aromatic nitrogens is 1. The van der Waals surface area contributed by atoms with Gasteiger partial charge in [0.15, 0.2) is 5.76 Å². The second kappa shape index (κ2) is 9.07. The number of aryl methyl sites for hydroxylation is 3. The van der Waals surface area contributed by atoms with E-state index in [1.54, 1.807) is 30.9 Å². The van der Waals surface area contributed by atoms with E-state index in [-0.39, 0.29) is 60.6 Å². The predicted molar refractivity (Wildman–Crippen MR) is 112 cm³/mol. The Morgan fingerprint density at radius 2 is 1.65 bits per heavy atom. The number of carbonyl (C=O) groups is 1. The van der Waals surface area contributed by atoms with Crippen molar-refractivity contribution in [2.45, 2.75) is 37.0 Å². The number of carbonyl (C=O) groups excluding carboxylic acids is 1. The van der Waals surface area contributed by atoms with Crippen LogP contribution >= 0.6 is 0 Å². The minimum atomic E-state index is -3.75. The molecule has 1 fully saturated rings. The van der Waals surface area contributed by atoms with Gasteiger partial charge >= 0.3 is 0 Å². The first-order valence-electron chi connectivity index (χ1n) is 9.79. The van der Waals surface area contributed by atoms with E-state index in [9.17, 15) is 21.6 Å². The van der Waals surface area contributed by atoms with Crippen molar-refractivity contribution in [3.8, 4) is 0 Å². The molecule has 1 saturated heterocycles. The monoisotopic (exact) mass is 470 g/mol. The smallest absolute Gasteiger partial charge is 0.248 e. The van der Waals surface area contributed by atoms with Crippen LogP contribution in [0.2, 0.25) is 0 Å². The molecule has 0 aliphatic carbocycles. The maximum atomic E-state index is 12.9. The van der Waals surface area contributed by atoms with Crippen LogP contribution in [0.4, 0.5) is 0 Å². The zero-order valence-electron chi connectivity index (χ0n) is 17.7. The average Bonchev–Trinajstić information content (AvgIpc) is 3.07. The Bertz CT molecular complexity index is 1130. The summed E-state index contributed by atoms with van der Waals surface area (Å²) >= 11 is 0. The van der Waals surface area contributed by atoms with Gasteiger partial charge in [-0.2, -0.15) is 4.31 Å². The number of hydrogen-bond acceptors (Lipinski definition) is 7. The molecule has 1 aliphatic rings. The normalized spacial score (nSPS) is 15.9. The molecule has 2 heterocycles. The number of sulfonamides is 2. The van der Waals surface area contributed by atoms with Crippen LogP contribution in [0.1, 0.15) is 23.4 Å². The van der Waals surface area contributed by atoms with Crippen LogP contribution in [0.5, 0.6) is 0 Å². The molecule has 12 heteroatoms. The lowest BCUT2D eigenvalue weighted by molar-refractivity contribution is -0.132. The maximum Gasteiger partial charge on any atom is 0.248 e. The van der Waals surface area contributed by atoms with Gasteiger partial charge in [0.2, 0.25) is 26.0 Å². The van der Waals surface area contributed by atoms with Crippen LogP contribution in [0.15, 0.2) is 38.6 Å². The molecule has 1 N–H and O–H groups in total. The molecule has 170 valence electrons. The summed E-state index contributed by atoms with van der Waals surface area (Å²) in [6, 6.07) is 6.43. The van der Waals surface area contributed by atoms with Crippen molar-refractivity contribution in [1.29, 1.82) is 0 Å². The summed E-state index contributed by atoms with van der Waals surface area (Å²) in [7, 11) is -7.44. The second-order valence-corrected chi connectivity index (χ2v) is 11.0. The van der Waals surface area contributed by atoms with Gasteiger partial charge in [0.25, 0.3) is 0 Å². The molecule has 1 aromatic carbocycles. The highest BCUT2D eigenvalue weighted by molar-refractivity contribution is 7.89. The van der Waals surface area contributed by atoms with Crippen molar-refractivity contribution in [1.82, 2.24) is 19.1 Å². The number of benzene rings is 1. The molecule has 10 nitrogen and oxygen atoms in total. The van der Waals surface area contributed by atoms with E-state index in [0.29, 0.717) is 5.69 Å². The van der Waals surface area contributed by atoms with E-state index in [4.69, 9.17) is 4.52 Å². The molecule has 0 saturated carbocycles. The largest absolute Gasteiger partial charge is 0.360 e. The molecule has 2 aromatic rings. The zero-order chi connectivity index (χ0) is 22.8. The van der Waals surface area contributed by atoms with Crippen LogP contribution in [0.25, 0.3) is 0 Å². The number of hydrogen-bond donors (Lipinski definition) is 1. The first-order valence-corrected chi connectivity index (χ1v) is 12.7. The van der Waals surface area contributed by atoms with E-state index >= 15 is 0 Å². The van der Waals surface area contributed by atoms with Crippen LogP contribution in [0.3, 0.4) is 0 Å². The Kier molecular flexibility index (Phi) is 6.84. The first-order chi connectivity index (χ1) is 14.5. The van der Waals surface area contributed by atoms with Crippen molar-refractivity contribution in [3.63, 3.8) is 0 Å². The van der Waals surface area contributed by atoms with Crippen molar-refractivity contribution in [2.24, 2.45) is 0 Å². The maximum absolute atomic E-state index is 12.9. The van der Waals surface area contributed by atoms with E-state index < -0.39 is 20.0 Å². The van der Waals surface area contributed by atoms with Crippen molar-refractivity contribution in [2.75, 3.05) is 32.7 Å². The van der Waals surface area contributed by atoms with Crippen molar-refractivity contribution in [3.05, 3.63) is 41.3 Å². The fourth-order valence-electron chi connectivity index (χ4n) is 3.40. The molecular weight excluding hydrogens is 444 g/mol. The third-order valence-corrected chi connectivity index (χ3v) is 8.74. The van der Waals surface area contributed by atoms with Crippen LogP contribution in [-0.4, -0.2) is 69.8 Å². The lowest BCUT2D eigenvalue weighted by atomic mass is 10.2. The molecule has 0 atom stereocenters. The summed E-state index contributed by atoms with van der Waals surface area (Å²) in [6.45, 7) is 5.69. The van der Waals surface area contributed by atoms with Gasteiger partial charge < -0.3 is 9.42 Å². The Morgan fingerprint density at radius 1 is 1.03 bits per heavy atom. The summed E-state index contributed by atoms with van der Waals surface area (Å²) in [5.74, 6) is -0.00198. The highest BCUT2D eigenvalue weighted by Gasteiger charge is 2.34. The molecular formula is C19H26N4O6S2. The molecule has 0 radical (unpaired) electrons. The van der Waals surface area contributed by atoms with E-state index in [0.717, 1.165) is 5.56 Å². The quantitative estimate of drug-likeness (QED) is 0.633. The zero-order valence-corrected chi connectivity index (χ0v) is 19.3. The van der Waals surface area contributed by atoms with Gasteiger partial charge in [-0.3, -0.25) is 4.79 Å². The molecule has 1 amide bonds. The highest BCUT2D eigenvalue weighted by atomic mass is 32.2. The minimum Gasteiger partial charge on any atom is -0.360 e. The lowest BCUT2D eigenvalue weighted by Gasteiger charge is -2.34. The molecule has 0 bridgehead atoms. The van der Waals surface area contributed by atoms with E-state index in [2.05, 4.69) is 9.88 Å². The van der Waals surface area contributed by atoms with Gasteiger partial charge in [0.05, 0.1) is 4.90 Å². The number of piperazine rings is 1. The fourth-order valence-corrected chi connectivity index (χ4v) is 6.15. The van der Waals surface area contributed by atoms with E-state index in [1.807, 2.05) is 6.92 Å². The Hall–Kier alpha value is -2.28.